The van der Waals surface area contributed by atoms with Crippen molar-refractivity contribution in [3.63, 3.8) is 0 Å². The third kappa shape index (κ3) is 3.28. The average Bonchev–Trinajstić information content (AvgIpc) is 2.76. The Balaban J connectivity index is 0.00000176. The summed E-state index contributed by atoms with van der Waals surface area (Å²) in [5, 5.41) is 10.0. The Morgan fingerprint density at radius 1 is 1.45 bits per heavy atom. The summed E-state index contributed by atoms with van der Waals surface area (Å²) < 4.78 is 5.41. The normalized spacial score (nSPS) is 19.1. The second-order valence-corrected chi connectivity index (χ2v) is 6.17. The molecule has 5 heteroatoms. The number of hydrogen-bond donors (Lipinski definition) is 1. The van der Waals surface area contributed by atoms with Crippen molar-refractivity contribution < 1.29 is 14.3 Å². The Hall–Kier alpha value is -1.52. The van der Waals surface area contributed by atoms with Gasteiger partial charge in [-0.1, -0.05) is 13.0 Å². The predicted molar refractivity (Wildman–Crippen MR) is 88.8 cm³/mol. The Bertz CT molecular complexity index is 680. The SMILES string of the molecule is Cc1c(C(=O)O)oc2ccc(CN3CCCC(C)C3)cc12.Cl. The maximum atomic E-state index is 11.1. The quantitative estimate of drug-likeness (QED) is 0.924. The van der Waals surface area contributed by atoms with Crippen molar-refractivity contribution in [2.45, 2.75) is 33.2 Å². The molecule has 0 radical (unpaired) electrons. The number of hydrogen-bond acceptors (Lipinski definition) is 3. The first-order valence-electron chi connectivity index (χ1n) is 7.52. The van der Waals surface area contributed by atoms with Gasteiger partial charge in [0.15, 0.2) is 0 Å². The molecular formula is C17H22ClNO3. The molecule has 120 valence electrons. The third-order valence-corrected chi connectivity index (χ3v) is 4.34. The molecule has 0 spiro atoms. The zero-order valence-corrected chi connectivity index (χ0v) is 13.8. The van der Waals surface area contributed by atoms with Crippen LogP contribution in [-0.4, -0.2) is 29.1 Å². The van der Waals surface area contributed by atoms with Crippen molar-refractivity contribution in [1.29, 1.82) is 0 Å². The number of carbonyl (C=O) groups is 1. The summed E-state index contributed by atoms with van der Waals surface area (Å²) in [5.74, 6) is -0.194. The number of halogens is 1. The van der Waals surface area contributed by atoms with E-state index in [1.54, 1.807) is 0 Å². The monoisotopic (exact) mass is 323 g/mol. The lowest BCUT2D eigenvalue weighted by molar-refractivity contribution is 0.0664. The molecule has 0 amide bonds. The molecule has 2 aromatic rings. The molecule has 0 saturated carbocycles. The second kappa shape index (κ2) is 6.71. The van der Waals surface area contributed by atoms with Crippen LogP contribution in [0.5, 0.6) is 0 Å². The van der Waals surface area contributed by atoms with E-state index in [1.165, 1.54) is 18.4 Å². The summed E-state index contributed by atoms with van der Waals surface area (Å²) in [4.78, 5) is 13.6. The maximum absolute atomic E-state index is 11.1. The Morgan fingerprint density at radius 3 is 2.91 bits per heavy atom. The van der Waals surface area contributed by atoms with Gasteiger partial charge in [0.05, 0.1) is 0 Å². The summed E-state index contributed by atoms with van der Waals surface area (Å²) >= 11 is 0. The van der Waals surface area contributed by atoms with Crippen LogP contribution in [-0.2, 0) is 6.54 Å². The smallest absolute Gasteiger partial charge is 0.372 e. The van der Waals surface area contributed by atoms with Gasteiger partial charge in [-0.15, -0.1) is 12.4 Å². The highest BCUT2D eigenvalue weighted by molar-refractivity contribution is 5.95. The molecule has 0 bridgehead atoms. The van der Waals surface area contributed by atoms with E-state index in [9.17, 15) is 4.79 Å². The van der Waals surface area contributed by atoms with Crippen molar-refractivity contribution in [3.8, 4) is 0 Å². The molecule has 1 aromatic heterocycles. The first-order valence-corrected chi connectivity index (χ1v) is 7.52. The molecule has 1 atom stereocenters. The van der Waals surface area contributed by atoms with Crippen LogP contribution in [0, 0.1) is 12.8 Å². The summed E-state index contributed by atoms with van der Waals surface area (Å²) in [5.41, 5.74) is 2.59. The van der Waals surface area contributed by atoms with Crippen LogP contribution < -0.4 is 0 Å². The Kier molecular flexibility index (Phi) is 5.14. The molecule has 1 fully saturated rings. The number of likely N-dealkylation sites (tertiary alicyclic amines) is 1. The number of carboxylic acids is 1. The first kappa shape index (κ1) is 16.8. The van der Waals surface area contributed by atoms with E-state index in [4.69, 9.17) is 9.52 Å². The fraction of sp³-hybridized carbons (Fsp3) is 0.471. The highest BCUT2D eigenvalue weighted by atomic mass is 35.5. The number of furan rings is 1. The molecule has 1 N–H and O–H groups in total. The minimum Gasteiger partial charge on any atom is -0.475 e. The summed E-state index contributed by atoms with van der Waals surface area (Å²) in [6.07, 6.45) is 2.58. The molecule has 1 aromatic carbocycles. The van der Waals surface area contributed by atoms with Crippen LogP contribution in [0.4, 0.5) is 0 Å². The van der Waals surface area contributed by atoms with Gasteiger partial charge in [0, 0.05) is 24.0 Å². The van der Waals surface area contributed by atoms with Gasteiger partial charge < -0.3 is 9.52 Å². The van der Waals surface area contributed by atoms with E-state index < -0.39 is 5.97 Å². The van der Waals surface area contributed by atoms with E-state index >= 15 is 0 Å². The molecule has 22 heavy (non-hydrogen) atoms. The van der Waals surface area contributed by atoms with Crippen molar-refractivity contribution in [2.75, 3.05) is 13.1 Å². The largest absolute Gasteiger partial charge is 0.475 e. The van der Waals surface area contributed by atoms with Crippen molar-refractivity contribution in [3.05, 3.63) is 35.1 Å². The van der Waals surface area contributed by atoms with E-state index in [-0.39, 0.29) is 18.2 Å². The Labute approximate surface area is 136 Å². The zero-order chi connectivity index (χ0) is 15.0. The minimum absolute atomic E-state index is 0. The lowest BCUT2D eigenvalue weighted by atomic mass is 9.99. The standard InChI is InChI=1S/C17H21NO3.ClH/c1-11-4-3-7-18(9-11)10-13-5-6-15-14(8-13)12(2)16(21-15)17(19)20;/h5-6,8,11H,3-4,7,9-10H2,1-2H3,(H,19,20);1H. The van der Waals surface area contributed by atoms with Crippen LogP contribution >= 0.6 is 12.4 Å². The van der Waals surface area contributed by atoms with E-state index in [0.29, 0.717) is 11.1 Å². The highest BCUT2D eigenvalue weighted by Gasteiger charge is 2.19. The molecule has 1 aliphatic rings. The summed E-state index contributed by atoms with van der Waals surface area (Å²) in [6, 6.07) is 5.99. The first-order chi connectivity index (χ1) is 10.0. The van der Waals surface area contributed by atoms with Gasteiger partial charge >= 0.3 is 5.97 Å². The molecule has 1 aliphatic heterocycles. The minimum atomic E-state index is -1.00. The number of fused-ring (bicyclic) bond motifs is 1. The van der Waals surface area contributed by atoms with Gasteiger partial charge in [-0.2, -0.15) is 0 Å². The van der Waals surface area contributed by atoms with E-state index in [0.717, 1.165) is 30.9 Å². The van der Waals surface area contributed by atoms with Crippen LogP contribution in [0.1, 0.15) is 41.4 Å². The number of benzene rings is 1. The number of carboxylic acid groups (broad SMARTS) is 1. The number of piperidine rings is 1. The molecular weight excluding hydrogens is 302 g/mol. The average molecular weight is 324 g/mol. The maximum Gasteiger partial charge on any atom is 0.372 e. The number of aromatic carboxylic acids is 1. The second-order valence-electron chi connectivity index (χ2n) is 6.17. The number of nitrogens with zero attached hydrogens (tertiary/aromatic N) is 1. The molecule has 0 aliphatic carbocycles. The van der Waals surface area contributed by atoms with Crippen molar-refractivity contribution in [2.24, 2.45) is 5.92 Å². The molecule has 2 heterocycles. The van der Waals surface area contributed by atoms with Gasteiger partial charge in [-0.25, -0.2) is 4.79 Å². The molecule has 4 nitrogen and oxygen atoms in total. The molecule has 1 unspecified atom stereocenters. The van der Waals surface area contributed by atoms with Gasteiger partial charge in [-0.05, 0) is 49.9 Å². The van der Waals surface area contributed by atoms with Crippen LogP contribution in [0.25, 0.3) is 11.0 Å². The Morgan fingerprint density at radius 2 is 2.23 bits per heavy atom. The lowest BCUT2D eigenvalue weighted by Crippen LogP contribution is -2.33. The highest BCUT2D eigenvalue weighted by Crippen LogP contribution is 2.27. The molecule has 3 rings (SSSR count). The fourth-order valence-electron chi connectivity index (χ4n) is 3.26. The fourth-order valence-corrected chi connectivity index (χ4v) is 3.26. The molecule has 1 saturated heterocycles. The topological polar surface area (TPSA) is 53.7 Å². The van der Waals surface area contributed by atoms with Crippen LogP contribution in [0.15, 0.2) is 22.6 Å². The zero-order valence-electron chi connectivity index (χ0n) is 13.0. The van der Waals surface area contributed by atoms with Gasteiger partial charge in [-0.3, -0.25) is 4.90 Å². The van der Waals surface area contributed by atoms with Gasteiger partial charge in [0.2, 0.25) is 5.76 Å². The third-order valence-electron chi connectivity index (χ3n) is 4.34. The summed E-state index contributed by atoms with van der Waals surface area (Å²) in [6.45, 7) is 7.32. The van der Waals surface area contributed by atoms with E-state index in [2.05, 4.69) is 17.9 Å². The van der Waals surface area contributed by atoms with Crippen LogP contribution in [0.3, 0.4) is 0 Å². The van der Waals surface area contributed by atoms with E-state index in [1.807, 2.05) is 19.1 Å². The van der Waals surface area contributed by atoms with Crippen molar-refractivity contribution >= 4 is 29.3 Å². The summed E-state index contributed by atoms with van der Waals surface area (Å²) in [7, 11) is 0. The predicted octanol–water partition coefficient (Wildman–Crippen LogP) is 4.09. The number of aryl methyl sites for hydroxylation is 1. The van der Waals surface area contributed by atoms with Gasteiger partial charge in [0.25, 0.3) is 0 Å². The van der Waals surface area contributed by atoms with Gasteiger partial charge in [0.1, 0.15) is 5.58 Å². The van der Waals surface area contributed by atoms with Crippen molar-refractivity contribution in [1.82, 2.24) is 4.90 Å². The lowest BCUT2D eigenvalue weighted by Gasteiger charge is -2.30. The van der Waals surface area contributed by atoms with Crippen LogP contribution in [0.2, 0.25) is 0 Å². The number of rotatable bonds is 3.